The van der Waals surface area contributed by atoms with Gasteiger partial charge < -0.3 is 14.6 Å². The lowest BCUT2D eigenvalue weighted by Crippen LogP contribution is -2.12. The van der Waals surface area contributed by atoms with Crippen LogP contribution in [0, 0.1) is 0 Å². The first-order valence-electron chi connectivity index (χ1n) is 12.0. The fourth-order valence-corrected chi connectivity index (χ4v) is 3.49. The molecule has 32 heavy (non-hydrogen) atoms. The molecule has 0 amide bonds. The number of carboxylic acid groups (broad SMARTS) is 1. The van der Waals surface area contributed by atoms with Crippen molar-refractivity contribution in [3.8, 4) is 17.1 Å². The van der Waals surface area contributed by atoms with E-state index in [2.05, 4.69) is 23.8 Å². The maximum absolute atomic E-state index is 11.7. The molecular weight excluding hydrogens is 404 g/mol. The first-order valence-corrected chi connectivity index (χ1v) is 12.0. The Bertz CT molecular complexity index is 762. The molecule has 1 heterocycles. The molecule has 6 nitrogen and oxygen atoms in total. The molecule has 1 N–H and O–H groups in total. The van der Waals surface area contributed by atoms with Gasteiger partial charge in [0.1, 0.15) is 5.75 Å². The van der Waals surface area contributed by atoms with Gasteiger partial charge in [0.25, 0.3) is 0 Å². The number of rotatable bonds is 17. The topological polar surface area (TPSA) is 81.5 Å². The minimum absolute atomic E-state index is 0.547. The highest BCUT2D eigenvalue weighted by atomic mass is 16.5. The number of unbranched alkanes of at least 4 members (excludes halogenated alkanes) is 5. The van der Waals surface area contributed by atoms with E-state index in [1.165, 1.54) is 12.8 Å². The molecule has 2 aromatic rings. The first-order chi connectivity index (χ1) is 15.7. The summed E-state index contributed by atoms with van der Waals surface area (Å²) in [6.45, 7) is 6.54. The number of carbonyl (C=O) groups is 1. The van der Waals surface area contributed by atoms with Crippen LogP contribution in [0.15, 0.2) is 36.7 Å². The maximum atomic E-state index is 11.7. The SMILES string of the molecule is CCCCCCCC(C(=O)O)c1cnc(-c2ccc(OCCCCOCCC)cc2)nc1. The summed E-state index contributed by atoms with van der Waals surface area (Å²) in [6, 6.07) is 7.68. The van der Waals surface area contributed by atoms with Gasteiger partial charge in [-0.05, 0) is 49.9 Å². The Morgan fingerprint density at radius 2 is 1.56 bits per heavy atom. The van der Waals surface area contributed by atoms with Crippen molar-refractivity contribution < 1.29 is 19.4 Å². The molecule has 1 atom stereocenters. The van der Waals surface area contributed by atoms with Crippen molar-refractivity contribution in [2.75, 3.05) is 19.8 Å². The number of aliphatic carboxylic acids is 1. The summed E-state index contributed by atoms with van der Waals surface area (Å²) in [5, 5.41) is 9.61. The lowest BCUT2D eigenvalue weighted by molar-refractivity contribution is -0.139. The van der Waals surface area contributed by atoms with E-state index in [4.69, 9.17) is 9.47 Å². The Morgan fingerprint density at radius 3 is 2.22 bits per heavy atom. The summed E-state index contributed by atoms with van der Waals surface area (Å²) in [5.41, 5.74) is 1.54. The molecule has 0 bridgehead atoms. The zero-order valence-corrected chi connectivity index (χ0v) is 19.6. The monoisotopic (exact) mass is 442 g/mol. The molecule has 0 fully saturated rings. The quantitative estimate of drug-likeness (QED) is 0.291. The highest BCUT2D eigenvalue weighted by molar-refractivity contribution is 5.75. The highest BCUT2D eigenvalue weighted by Crippen LogP contribution is 2.24. The molecule has 176 valence electrons. The second kappa shape index (κ2) is 15.4. The van der Waals surface area contributed by atoms with Crippen molar-refractivity contribution in [1.82, 2.24) is 9.97 Å². The van der Waals surface area contributed by atoms with Gasteiger partial charge in [-0.2, -0.15) is 0 Å². The molecule has 0 aliphatic rings. The molecule has 0 aliphatic carbocycles. The number of nitrogens with zero attached hydrogens (tertiary/aromatic N) is 2. The van der Waals surface area contributed by atoms with Gasteiger partial charge in [-0.15, -0.1) is 0 Å². The van der Waals surface area contributed by atoms with E-state index in [0.717, 1.165) is 63.1 Å². The van der Waals surface area contributed by atoms with Crippen LogP contribution < -0.4 is 4.74 Å². The number of carboxylic acids is 1. The average Bonchev–Trinajstić information content (AvgIpc) is 2.81. The highest BCUT2D eigenvalue weighted by Gasteiger charge is 2.20. The van der Waals surface area contributed by atoms with Crippen LogP contribution in [0.3, 0.4) is 0 Å². The minimum Gasteiger partial charge on any atom is -0.494 e. The number of benzene rings is 1. The van der Waals surface area contributed by atoms with Crippen molar-refractivity contribution in [1.29, 1.82) is 0 Å². The normalized spacial score (nSPS) is 11.9. The maximum Gasteiger partial charge on any atom is 0.311 e. The van der Waals surface area contributed by atoms with Gasteiger partial charge in [-0.3, -0.25) is 4.79 Å². The van der Waals surface area contributed by atoms with E-state index in [1.807, 2.05) is 24.3 Å². The van der Waals surface area contributed by atoms with Crippen LogP contribution in [0.4, 0.5) is 0 Å². The number of hydrogen-bond acceptors (Lipinski definition) is 5. The molecule has 0 saturated carbocycles. The van der Waals surface area contributed by atoms with Crippen molar-refractivity contribution in [3.63, 3.8) is 0 Å². The van der Waals surface area contributed by atoms with Gasteiger partial charge in [0, 0.05) is 36.7 Å². The van der Waals surface area contributed by atoms with Crippen molar-refractivity contribution >= 4 is 5.97 Å². The van der Waals surface area contributed by atoms with E-state index in [9.17, 15) is 9.90 Å². The van der Waals surface area contributed by atoms with Gasteiger partial charge in [0.2, 0.25) is 0 Å². The lowest BCUT2D eigenvalue weighted by atomic mass is 9.95. The lowest BCUT2D eigenvalue weighted by Gasteiger charge is -2.12. The van der Waals surface area contributed by atoms with Gasteiger partial charge in [0.05, 0.1) is 12.5 Å². The Kier molecular flexibility index (Phi) is 12.4. The minimum atomic E-state index is -0.810. The van der Waals surface area contributed by atoms with Crippen LogP contribution in [0.5, 0.6) is 5.75 Å². The number of hydrogen-bond donors (Lipinski definition) is 1. The standard InChI is InChI=1S/C26H38N2O4/c1-3-5-6-7-8-11-24(26(29)30)22-19-27-25(28-20-22)21-12-14-23(15-13-21)32-18-10-9-17-31-16-4-2/h12-15,19-20,24H,3-11,16-18H2,1-2H3,(H,29,30). The molecule has 0 aliphatic heterocycles. The number of aromatic nitrogens is 2. The Morgan fingerprint density at radius 1 is 0.875 bits per heavy atom. The molecule has 1 unspecified atom stereocenters. The predicted octanol–water partition coefficient (Wildman–Crippen LogP) is 6.26. The average molecular weight is 443 g/mol. The van der Waals surface area contributed by atoms with E-state index >= 15 is 0 Å². The second-order valence-electron chi connectivity index (χ2n) is 8.13. The molecule has 6 heteroatoms. The summed E-state index contributed by atoms with van der Waals surface area (Å²) in [4.78, 5) is 20.6. The molecule has 1 aromatic carbocycles. The van der Waals surface area contributed by atoms with Crippen LogP contribution in [0.2, 0.25) is 0 Å². The summed E-state index contributed by atoms with van der Waals surface area (Å²) in [7, 11) is 0. The van der Waals surface area contributed by atoms with Crippen molar-refractivity contribution in [3.05, 3.63) is 42.2 Å². The third-order valence-corrected chi connectivity index (χ3v) is 5.38. The summed E-state index contributed by atoms with van der Waals surface area (Å²) in [6.07, 6.45) is 12.4. The fourth-order valence-electron chi connectivity index (χ4n) is 3.49. The molecule has 0 spiro atoms. The van der Waals surface area contributed by atoms with Crippen LogP contribution in [0.1, 0.15) is 83.1 Å². The summed E-state index contributed by atoms with van der Waals surface area (Å²) >= 11 is 0. The molecule has 0 radical (unpaired) electrons. The first kappa shape index (κ1) is 25.8. The Labute approximate surface area is 192 Å². The third kappa shape index (κ3) is 9.35. The molecule has 0 saturated heterocycles. The van der Waals surface area contributed by atoms with Gasteiger partial charge in [-0.25, -0.2) is 9.97 Å². The van der Waals surface area contributed by atoms with E-state index < -0.39 is 11.9 Å². The zero-order valence-electron chi connectivity index (χ0n) is 19.6. The van der Waals surface area contributed by atoms with Crippen molar-refractivity contribution in [2.45, 2.75) is 77.6 Å². The predicted molar refractivity (Wildman–Crippen MR) is 127 cm³/mol. The Balaban J connectivity index is 1.83. The van der Waals surface area contributed by atoms with E-state index in [-0.39, 0.29) is 0 Å². The second-order valence-corrected chi connectivity index (χ2v) is 8.13. The number of ether oxygens (including phenoxy) is 2. The molecular formula is C26H38N2O4. The van der Waals surface area contributed by atoms with Gasteiger partial charge >= 0.3 is 5.97 Å². The smallest absolute Gasteiger partial charge is 0.311 e. The fraction of sp³-hybridized carbons (Fsp3) is 0.577. The van der Waals surface area contributed by atoms with E-state index in [0.29, 0.717) is 24.4 Å². The molecule has 1 aromatic heterocycles. The van der Waals surface area contributed by atoms with Crippen molar-refractivity contribution in [2.24, 2.45) is 0 Å². The Hall–Kier alpha value is -2.47. The van der Waals surface area contributed by atoms with Crippen LogP contribution in [-0.4, -0.2) is 40.9 Å². The van der Waals surface area contributed by atoms with Gasteiger partial charge in [-0.1, -0.05) is 46.0 Å². The third-order valence-electron chi connectivity index (χ3n) is 5.38. The largest absolute Gasteiger partial charge is 0.494 e. The van der Waals surface area contributed by atoms with Gasteiger partial charge in [0.15, 0.2) is 5.82 Å². The zero-order chi connectivity index (χ0) is 23.0. The summed E-state index contributed by atoms with van der Waals surface area (Å²) in [5.74, 6) is 0.0402. The van der Waals surface area contributed by atoms with Crippen LogP contribution in [0.25, 0.3) is 11.4 Å². The van der Waals surface area contributed by atoms with Crippen LogP contribution >= 0.6 is 0 Å². The summed E-state index contributed by atoms with van der Waals surface area (Å²) < 4.78 is 11.2. The van der Waals surface area contributed by atoms with Crippen LogP contribution in [-0.2, 0) is 9.53 Å². The molecule has 2 rings (SSSR count). The van der Waals surface area contributed by atoms with E-state index in [1.54, 1.807) is 12.4 Å².